The van der Waals surface area contributed by atoms with Crippen LogP contribution in [-0.4, -0.2) is 26.2 Å². The van der Waals surface area contributed by atoms with Crippen molar-refractivity contribution >= 4 is 11.7 Å². The Hall–Kier alpha value is -1.78. The first-order chi connectivity index (χ1) is 8.17. The second-order valence-electron chi connectivity index (χ2n) is 3.33. The highest BCUT2D eigenvalue weighted by Crippen LogP contribution is 2.20. The predicted molar refractivity (Wildman–Crippen MR) is 62.7 cm³/mol. The molecule has 1 N–H and O–H groups in total. The molecule has 5 heteroatoms. The molecule has 0 radical (unpaired) electrons. The zero-order valence-electron chi connectivity index (χ0n) is 9.96. The van der Waals surface area contributed by atoms with E-state index in [4.69, 9.17) is 9.47 Å². The number of methoxy groups -OCH3 is 1. The fourth-order valence-electron chi connectivity index (χ4n) is 1.30. The number of hydrogen-bond acceptors (Lipinski definition) is 4. The lowest BCUT2D eigenvalue weighted by Crippen LogP contribution is -2.12. The van der Waals surface area contributed by atoms with E-state index >= 15 is 0 Å². The molecule has 1 rings (SSSR count). The smallest absolute Gasteiger partial charge is 0.307 e. The molecule has 94 valence electrons. The maximum atomic E-state index is 13.3. The molecule has 0 saturated carbocycles. The van der Waals surface area contributed by atoms with Gasteiger partial charge in [-0.25, -0.2) is 4.39 Å². The van der Waals surface area contributed by atoms with Crippen molar-refractivity contribution in [2.75, 3.05) is 25.6 Å². The van der Waals surface area contributed by atoms with Gasteiger partial charge in [0.25, 0.3) is 0 Å². The highest BCUT2D eigenvalue weighted by atomic mass is 19.1. The second-order valence-corrected chi connectivity index (χ2v) is 3.33. The van der Waals surface area contributed by atoms with Gasteiger partial charge in [-0.2, -0.15) is 0 Å². The van der Waals surface area contributed by atoms with Gasteiger partial charge in [0.1, 0.15) is 11.6 Å². The number of benzene rings is 1. The lowest BCUT2D eigenvalue weighted by Gasteiger charge is -2.08. The van der Waals surface area contributed by atoms with Gasteiger partial charge in [0.2, 0.25) is 0 Å². The molecular weight excluding hydrogens is 225 g/mol. The summed E-state index contributed by atoms with van der Waals surface area (Å²) in [5.41, 5.74) is 0.314. The van der Waals surface area contributed by atoms with Crippen LogP contribution in [-0.2, 0) is 9.53 Å². The average Bonchev–Trinajstić information content (AvgIpc) is 2.32. The SMILES string of the molecule is CCOC(=O)CCNc1cc(OC)ccc1F. The highest BCUT2D eigenvalue weighted by Gasteiger charge is 2.05. The number of anilines is 1. The zero-order valence-corrected chi connectivity index (χ0v) is 9.96. The van der Waals surface area contributed by atoms with Crippen LogP contribution in [0.4, 0.5) is 10.1 Å². The molecule has 0 aliphatic heterocycles. The normalized spacial score (nSPS) is 9.82. The maximum absolute atomic E-state index is 13.3. The Kier molecular flexibility index (Phi) is 5.26. The van der Waals surface area contributed by atoms with E-state index in [0.717, 1.165) is 0 Å². The third-order valence-corrected chi connectivity index (χ3v) is 2.12. The molecular formula is C12H16FNO3. The summed E-state index contributed by atoms with van der Waals surface area (Å²) in [7, 11) is 1.51. The van der Waals surface area contributed by atoms with E-state index < -0.39 is 0 Å². The minimum Gasteiger partial charge on any atom is -0.497 e. The molecule has 17 heavy (non-hydrogen) atoms. The number of carbonyl (C=O) groups is 1. The Morgan fingerprint density at radius 2 is 2.24 bits per heavy atom. The molecule has 0 aromatic heterocycles. The Labute approximate surface area is 99.7 Å². The molecule has 0 atom stereocenters. The number of nitrogens with one attached hydrogen (secondary N) is 1. The molecule has 0 bridgehead atoms. The van der Waals surface area contributed by atoms with Crippen LogP contribution in [0.5, 0.6) is 5.75 Å². The van der Waals surface area contributed by atoms with Crippen LogP contribution < -0.4 is 10.1 Å². The fourth-order valence-corrected chi connectivity index (χ4v) is 1.30. The minimum atomic E-state index is -0.380. The lowest BCUT2D eigenvalue weighted by molar-refractivity contribution is -0.142. The Bertz CT molecular complexity index is 382. The van der Waals surface area contributed by atoms with Crippen LogP contribution in [0.1, 0.15) is 13.3 Å². The molecule has 0 aliphatic carbocycles. The molecule has 1 aromatic carbocycles. The van der Waals surface area contributed by atoms with Gasteiger partial charge in [-0.15, -0.1) is 0 Å². The van der Waals surface area contributed by atoms with Crippen molar-refractivity contribution in [1.82, 2.24) is 0 Å². The Balaban J connectivity index is 2.48. The number of hydrogen-bond donors (Lipinski definition) is 1. The highest BCUT2D eigenvalue weighted by molar-refractivity contribution is 5.70. The number of carbonyl (C=O) groups excluding carboxylic acids is 1. The maximum Gasteiger partial charge on any atom is 0.307 e. The van der Waals surface area contributed by atoms with Gasteiger partial charge in [0.15, 0.2) is 0 Å². The first-order valence-corrected chi connectivity index (χ1v) is 5.40. The molecule has 0 heterocycles. The summed E-state index contributed by atoms with van der Waals surface area (Å²) in [6.45, 7) is 2.42. The zero-order chi connectivity index (χ0) is 12.7. The largest absolute Gasteiger partial charge is 0.497 e. The van der Waals surface area contributed by atoms with Crippen LogP contribution >= 0.6 is 0 Å². The van der Waals surface area contributed by atoms with E-state index in [1.807, 2.05) is 0 Å². The van der Waals surface area contributed by atoms with E-state index in [9.17, 15) is 9.18 Å². The van der Waals surface area contributed by atoms with Crippen molar-refractivity contribution in [2.24, 2.45) is 0 Å². The van der Waals surface area contributed by atoms with Crippen LogP contribution in [0.2, 0.25) is 0 Å². The third-order valence-electron chi connectivity index (χ3n) is 2.12. The van der Waals surface area contributed by atoms with Gasteiger partial charge in [0.05, 0.1) is 25.8 Å². The van der Waals surface area contributed by atoms with Gasteiger partial charge in [-0.1, -0.05) is 0 Å². The fraction of sp³-hybridized carbons (Fsp3) is 0.417. The molecule has 0 spiro atoms. The van der Waals surface area contributed by atoms with Crippen molar-refractivity contribution in [2.45, 2.75) is 13.3 Å². The summed E-state index contributed by atoms with van der Waals surface area (Å²) in [6.07, 6.45) is 0.199. The van der Waals surface area contributed by atoms with E-state index in [0.29, 0.717) is 24.6 Å². The summed E-state index contributed by atoms with van der Waals surface area (Å²) in [6, 6.07) is 4.39. The first kappa shape index (κ1) is 13.3. The molecule has 1 aromatic rings. The first-order valence-electron chi connectivity index (χ1n) is 5.40. The standard InChI is InChI=1S/C12H16FNO3/c1-3-17-12(15)6-7-14-11-8-9(16-2)4-5-10(11)13/h4-5,8,14H,3,6-7H2,1-2H3. The molecule has 4 nitrogen and oxygen atoms in total. The van der Waals surface area contributed by atoms with Gasteiger partial charge in [0, 0.05) is 12.6 Å². The van der Waals surface area contributed by atoms with E-state index in [1.165, 1.54) is 19.2 Å². The van der Waals surface area contributed by atoms with Gasteiger partial charge >= 0.3 is 5.97 Å². The van der Waals surface area contributed by atoms with Crippen molar-refractivity contribution < 1.29 is 18.7 Å². The van der Waals surface area contributed by atoms with E-state index in [1.54, 1.807) is 13.0 Å². The summed E-state index contributed by atoms with van der Waals surface area (Å²) in [4.78, 5) is 11.1. The quantitative estimate of drug-likeness (QED) is 0.776. The van der Waals surface area contributed by atoms with E-state index in [2.05, 4.69) is 5.32 Å². The molecule has 0 fully saturated rings. The summed E-state index contributed by atoms with van der Waals surface area (Å²) >= 11 is 0. The lowest BCUT2D eigenvalue weighted by atomic mass is 10.2. The number of halogens is 1. The van der Waals surface area contributed by atoms with Gasteiger partial charge in [-0.05, 0) is 19.1 Å². The summed E-state index contributed by atoms with van der Waals surface area (Å²) in [5, 5.41) is 2.82. The molecule has 0 unspecified atom stereocenters. The van der Waals surface area contributed by atoms with Crippen LogP contribution in [0.25, 0.3) is 0 Å². The van der Waals surface area contributed by atoms with Crippen molar-refractivity contribution in [3.63, 3.8) is 0 Å². The van der Waals surface area contributed by atoms with Crippen molar-refractivity contribution in [3.8, 4) is 5.75 Å². The van der Waals surface area contributed by atoms with Crippen LogP contribution in [0.15, 0.2) is 18.2 Å². The predicted octanol–water partition coefficient (Wildman–Crippen LogP) is 2.20. The van der Waals surface area contributed by atoms with E-state index in [-0.39, 0.29) is 18.2 Å². The topological polar surface area (TPSA) is 47.6 Å². The summed E-state index contributed by atoms with van der Waals surface area (Å²) < 4.78 is 23.1. The van der Waals surface area contributed by atoms with Gasteiger partial charge in [-0.3, -0.25) is 4.79 Å². The molecule has 0 amide bonds. The third kappa shape index (κ3) is 4.30. The number of rotatable bonds is 6. The Morgan fingerprint density at radius 1 is 1.47 bits per heavy atom. The monoisotopic (exact) mass is 241 g/mol. The average molecular weight is 241 g/mol. The number of esters is 1. The Morgan fingerprint density at radius 3 is 2.88 bits per heavy atom. The van der Waals surface area contributed by atoms with Crippen LogP contribution in [0.3, 0.4) is 0 Å². The second kappa shape index (κ2) is 6.73. The molecule has 0 saturated heterocycles. The summed E-state index contributed by atoms with van der Waals surface area (Å²) in [5.74, 6) is -0.122. The molecule has 0 aliphatic rings. The van der Waals surface area contributed by atoms with Crippen LogP contribution in [0, 0.1) is 5.82 Å². The van der Waals surface area contributed by atoms with Crippen molar-refractivity contribution in [1.29, 1.82) is 0 Å². The minimum absolute atomic E-state index is 0.199. The van der Waals surface area contributed by atoms with Crippen molar-refractivity contribution in [3.05, 3.63) is 24.0 Å². The number of ether oxygens (including phenoxy) is 2. The van der Waals surface area contributed by atoms with Gasteiger partial charge < -0.3 is 14.8 Å².